The van der Waals surface area contributed by atoms with E-state index < -0.39 is 6.04 Å². The van der Waals surface area contributed by atoms with Gasteiger partial charge in [0.25, 0.3) is 0 Å². The second kappa shape index (κ2) is 6.95. The minimum Gasteiger partial charge on any atom is -0.496 e. The summed E-state index contributed by atoms with van der Waals surface area (Å²) >= 11 is 5.85. The molecule has 0 heterocycles. The van der Waals surface area contributed by atoms with Crippen LogP contribution in [0.25, 0.3) is 0 Å². The molecule has 0 aromatic heterocycles. The zero-order chi connectivity index (χ0) is 14.4. The fourth-order valence-corrected chi connectivity index (χ4v) is 2.08. The standard InChI is InChI=1S/C16H15ClN2O/c1-20-16-5-3-2-4-14(16)15(10-18)19-11-12-6-8-13(17)9-7-12/h2-9,15,19H,11H2,1H3. The van der Waals surface area contributed by atoms with Gasteiger partial charge in [-0.2, -0.15) is 5.26 Å². The summed E-state index contributed by atoms with van der Waals surface area (Å²) in [6, 6.07) is 16.9. The summed E-state index contributed by atoms with van der Waals surface area (Å²) in [4.78, 5) is 0. The van der Waals surface area contributed by atoms with Gasteiger partial charge in [0.05, 0.1) is 13.2 Å². The number of nitrogens with one attached hydrogen (secondary N) is 1. The Balaban J connectivity index is 2.10. The maximum absolute atomic E-state index is 9.33. The molecule has 1 unspecified atom stereocenters. The van der Waals surface area contributed by atoms with Crippen molar-refractivity contribution in [3.8, 4) is 11.8 Å². The van der Waals surface area contributed by atoms with Crippen LogP contribution < -0.4 is 10.1 Å². The Morgan fingerprint density at radius 3 is 2.55 bits per heavy atom. The first-order valence-electron chi connectivity index (χ1n) is 6.25. The molecule has 2 aromatic rings. The molecular formula is C16H15ClN2O. The average molecular weight is 287 g/mol. The minimum atomic E-state index is -0.415. The molecule has 0 radical (unpaired) electrons. The van der Waals surface area contributed by atoms with Crippen LogP contribution in [0.4, 0.5) is 0 Å². The fourth-order valence-electron chi connectivity index (χ4n) is 1.95. The fraction of sp³-hybridized carbons (Fsp3) is 0.188. The van der Waals surface area contributed by atoms with Gasteiger partial charge in [-0.05, 0) is 23.8 Å². The highest BCUT2D eigenvalue weighted by Crippen LogP contribution is 2.24. The molecule has 0 spiro atoms. The van der Waals surface area contributed by atoms with Crippen LogP contribution in [-0.2, 0) is 6.54 Å². The molecule has 2 rings (SSSR count). The van der Waals surface area contributed by atoms with E-state index in [1.807, 2.05) is 48.5 Å². The second-order valence-electron chi connectivity index (χ2n) is 4.31. The lowest BCUT2D eigenvalue weighted by atomic mass is 10.1. The van der Waals surface area contributed by atoms with E-state index in [-0.39, 0.29) is 0 Å². The molecule has 0 bridgehead atoms. The monoisotopic (exact) mass is 286 g/mol. The third kappa shape index (κ3) is 3.51. The maximum atomic E-state index is 9.33. The van der Waals surface area contributed by atoms with E-state index in [4.69, 9.17) is 16.3 Å². The Hall–Kier alpha value is -2.02. The van der Waals surface area contributed by atoms with Gasteiger partial charge in [0.2, 0.25) is 0 Å². The van der Waals surface area contributed by atoms with Crippen LogP contribution in [0, 0.1) is 11.3 Å². The van der Waals surface area contributed by atoms with Crippen molar-refractivity contribution in [3.63, 3.8) is 0 Å². The lowest BCUT2D eigenvalue weighted by Crippen LogP contribution is -2.20. The van der Waals surface area contributed by atoms with Gasteiger partial charge in [0.15, 0.2) is 0 Å². The van der Waals surface area contributed by atoms with Crippen LogP contribution >= 0.6 is 11.6 Å². The highest BCUT2D eigenvalue weighted by molar-refractivity contribution is 6.30. The van der Waals surface area contributed by atoms with Crippen molar-refractivity contribution in [3.05, 3.63) is 64.7 Å². The van der Waals surface area contributed by atoms with Crippen LogP contribution in [0.1, 0.15) is 17.2 Å². The smallest absolute Gasteiger partial charge is 0.125 e. The van der Waals surface area contributed by atoms with Crippen LogP contribution in [0.5, 0.6) is 5.75 Å². The maximum Gasteiger partial charge on any atom is 0.125 e. The number of nitriles is 1. The summed E-state index contributed by atoms with van der Waals surface area (Å²) in [6.45, 7) is 0.591. The molecule has 102 valence electrons. The first kappa shape index (κ1) is 14.4. The summed E-state index contributed by atoms with van der Waals surface area (Å²) in [5, 5.41) is 13.2. The van der Waals surface area contributed by atoms with Crippen molar-refractivity contribution in [2.45, 2.75) is 12.6 Å². The van der Waals surface area contributed by atoms with Crippen molar-refractivity contribution in [2.24, 2.45) is 0 Å². The summed E-state index contributed by atoms with van der Waals surface area (Å²) in [6.07, 6.45) is 0. The van der Waals surface area contributed by atoms with Gasteiger partial charge < -0.3 is 4.74 Å². The predicted molar refractivity (Wildman–Crippen MR) is 79.6 cm³/mol. The molecule has 1 atom stereocenters. The van der Waals surface area contributed by atoms with Gasteiger partial charge >= 0.3 is 0 Å². The van der Waals surface area contributed by atoms with Gasteiger partial charge in [-0.1, -0.05) is 41.9 Å². The molecule has 4 heteroatoms. The summed E-state index contributed by atoms with van der Waals surface area (Å²) in [5.74, 6) is 0.711. The number of benzene rings is 2. The van der Waals surface area contributed by atoms with E-state index in [0.29, 0.717) is 17.3 Å². The Morgan fingerprint density at radius 1 is 1.20 bits per heavy atom. The highest BCUT2D eigenvalue weighted by Gasteiger charge is 2.14. The largest absolute Gasteiger partial charge is 0.496 e. The zero-order valence-electron chi connectivity index (χ0n) is 11.1. The summed E-state index contributed by atoms with van der Waals surface area (Å²) < 4.78 is 5.29. The molecule has 0 amide bonds. The number of nitrogens with zero attached hydrogens (tertiary/aromatic N) is 1. The number of hydrogen-bond acceptors (Lipinski definition) is 3. The molecular weight excluding hydrogens is 272 g/mol. The van der Waals surface area contributed by atoms with Crippen molar-refractivity contribution in [2.75, 3.05) is 7.11 Å². The molecule has 0 aliphatic carbocycles. The van der Waals surface area contributed by atoms with Gasteiger partial charge in [-0.25, -0.2) is 0 Å². The minimum absolute atomic E-state index is 0.415. The second-order valence-corrected chi connectivity index (χ2v) is 4.75. The quantitative estimate of drug-likeness (QED) is 0.911. The topological polar surface area (TPSA) is 45.0 Å². The van der Waals surface area contributed by atoms with E-state index in [0.717, 1.165) is 11.1 Å². The molecule has 2 aromatic carbocycles. The first-order valence-corrected chi connectivity index (χ1v) is 6.62. The lowest BCUT2D eigenvalue weighted by Gasteiger charge is -2.15. The van der Waals surface area contributed by atoms with E-state index in [1.165, 1.54) is 0 Å². The Kier molecular flexibility index (Phi) is 5.00. The van der Waals surface area contributed by atoms with Gasteiger partial charge in [0, 0.05) is 17.1 Å². The average Bonchev–Trinajstić information content (AvgIpc) is 2.50. The van der Waals surface area contributed by atoms with Crippen LogP contribution in [0.15, 0.2) is 48.5 Å². The predicted octanol–water partition coefficient (Wildman–Crippen LogP) is 3.70. The lowest BCUT2D eigenvalue weighted by molar-refractivity contribution is 0.405. The summed E-state index contributed by atoms with van der Waals surface area (Å²) in [5.41, 5.74) is 1.91. The molecule has 3 nitrogen and oxygen atoms in total. The number of ether oxygens (including phenoxy) is 1. The first-order chi connectivity index (χ1) is 9.74. The van der Waals surface area contributed by atoms with Crippen LogP contribution in [-0.4, -0.2) is 7.11 Å². The van der Waals surface area contributed by atoms with E-state index in [9.17, 15) is 5.26 Å². The molecule has 0 saturated heterocycles. The molecule has 0 aliphatic heterocycles. The van der Waals surface area contributed by atoms with E-state index in [1.54, 1.807) is 7.11 Å². The number of methoxy groups -OCH3 is 1. The van der Waals surface area contributed by atoms with Crippen molar-refractivity contribution in [1.82, 2.24) is 5.32 Å². The third-order valence-corrected chi connectivity index (χ3v) is 3.25. The number of rotatable bonds is 5. The highest BCUT2D eigenvalue weighted by atomic mass is 35.5. The normalized spacial score (nSPS) is 11.7. The van der Waals surface area contributed by atoms with E-state index in [2.05, 4.69) is 11.4 Å². The van der Waals surface area contributed by atoms with Gasteiger partial charge in [-0.15, -0.1) is 0 Å². The zero-order valence-corrected chi connectivity index (χ0v) is 11.9. The Bertz CT molecular complexity index is 605. The van der Waals surface area contributed by atoms with Crippen molar-refractivity contribution < 1.29 is 4.74 Å². The van der Waals surface area contributed by atoms with Crippen LogP contribution in [0.2, 0.25) is 5.02 Å². The number of hydrogen-bond donors (Lipinski definition) is 1. The van der Waals surface area contributed by atoms with E-state index >= 15 is 0 Å². The molecule has 0 saturated carbocycles. The number of para-hydroxylation sites is 1. The van der Waals surface area contributed by atoms with Crippen molar-refractivity contribution in [1.29, 1.82) is 5.26 Å². The van der Waals surface area contributed by atoms with Gasteiger partial charge in [0.1, 0.15) is 11.8 Å². The molecule has 20 heavy (non-hydrogen) atoms. The Morgan fingerprint density at radius 2 is 1.90 bits per heavy atom. The SMILES string of the molecule is COc1ccccc1C(C#N)NCc1ccc(Cl)cc1. The Labute approximate surface area is 123 Å². The van der Waals surface area contributed by atoms with Gasteiger partial charge in [-0.3, -0.25) is 5.32 Å². The molecule has 0 fully saturated rings. The summed E-state index contributed by atoms with van der Waals surface area (Å²) in [7, 11) is 1.60. The molecule has 0 aliphatic rings. The van der Waals surface area contributed by atoms with Crippen LogP contribution in [0.3, 0.4) is 0 Å². The third-order valence-electron chi connectivity index (χ3n) is 3.00. The van der Waals surface area contributed by atoms with Crippen molar-refractivity contribution >= 4 is 11.6 Å². The number of halogens is 1. The molecule has 1 N–H and O–H groups in total.